The van der Waals surface area contributed by atoms with E-state index in [2.05, 4.69) is 5.32 Å². The minimum atomic E-state index is -3.49. The van der Waals surface area contributed by atoms with Gasteiger partial charge in [-0.05, 0) is 25.3 Å². The zero-order chi connectivity index (χ0) is 24.9. The summed E-state index contributed by atoms with van der Waals surface area (Å²) in [6, 6.07) is 10.4. The van der Waals surface area contributed by atoms with Gasteiger partial charge in [0.05, 0.1) is 38.3 Å². The minimum absolute atomic E-state index is 0.0712. The normalized spacial score (nSPS) is 14.9. The highest BCUT2D eigenvalue weighted by atomic mass is 32.2. The number of rotatable bonds is 8. The Bertz CT molecular complexity index is 1140. The van der Waals surface area contributed by atoms with E-state index in [1.165, 1.54) is 37.8 Å². The maximum Gasteiger partial charge on any atom is 0.340 e. The fourth-order valence-corrected chi connectivity index (χ4v) is 5.44. The van der Waals surface area contributed by atoms with E-state index in [9.17, 15) is 18.0 Å². The smallest absolute Gasteiger partial charge is 0.340 e. The van der Waals surface area contributed by atoms with Gasteiger partial charge in [0.2, 0.25) is 15.9 Å². The van der Waals surface area contributed by atoms with Crippen molar-refractivity contribution >= 4 is 27.6 Å². The van der Waals surface area contributed by atoms with E-state index >= 15 is 0 Å². The highest BCUT2D eigenvalue weighted by molar-refractivity contribution is 7.88. The number of sulfonamides is 1. The summed E-state index contributed by atoms with van der Waals surface area (Å²) in [4.78, 5) is 25.2. The van der Waals surface area contributed by atoms with Crippen LogP contribution in [-0.2, 0) is 25.3 Å². The summed E-state index contributed by atoms with van der Waals surface area (Å²) in [5.74, 6) is -0.723. The number of methoxy groups -OCH3 is 3. The third kappa shape index (κ3) is 5.87. The molecule has 0 spiro atoms. The van der Waals surface area contributed by atoms with Crippen LogP contribution in [-0.4, -0.2) is 59.0 Å². The molecule has 1 fully saturated rings. The largest absolute Gasteiger partial charge is 0.493 e. The quantitative estimate of drug-likeness (QED) is 0.566. The fourth-order valence-electron chi connectivity index (χ4n) is 3.88. The number of nitrogens with zero attached hydrogens (tertiary/aromatic N) is 1. The van der Waals surface area contributed by atoms with Crippen molar-refractivity contribution in [2.24, 2.45) is 5.92 Å². The second-order valence-electron chi connectivity index (χ2n) is 8.15. The van der Waals surface area contributed by atoms with E-state index in [0.29, 0.717) is 24.3 Å². The summed E-state index contributed by atoms with van der Waals surface area (Å²) in [7, 11) is 0.657. The van der Waals surface area contributed by atoms with Crippen molar-refractivity contribution in [2.45, 2.75) is 25.5 Å². The number of anilines is 1. The first-order chi connectivity index (χ1) is 16.2. The van der Waals surface area contributed by atoms with E-state index in [1.807, 2.05) is 31.2 Å². The standard InChI is InChI=1S/C24H30N2O7S/c1-16-5-7-17(8-6-16)15-34(29,30)26-11-9-18(10-12-26)23(27)25-20-14-22(32-3)21(31-2)13-19(20)24(28)33-4/h5-8,13-14,18H,9-12,15H2,1-4H3,(H,25,27). The van der Waals surface area contributed by atoms with Crippen molar-refractivity contribution in [3.63, 3.8) is 0 Å². The average Bonchev–Trinajstić information content (AvgIpc) is 2.84. The zero-order valence-corrected chi connectivity index (χ0v) is 20.6. The number of esters is 1. The maximum absolute atomic E-state index is 13.0. The fraction of sp³-hybridized carbons (Fsp3) is 0.417. The Hall–Kier alpha value is -3.11. The highest BCUT2D eigenvalue weighted by Crippen LogP contribution is 2.34. The van der Waals surface area contributed by atoms with Crippen LogP contribution in [0.1, 0.15) is 34.3 Å². The Morgan fingerprint density at radius 3 is 2.15 bits per heavy atom. The Balaban J connectivity index is 1.68. The molecule has 1 N–H and O–H groups in total. The van der Waals surface area contributed by atoms with E-state index in [-0.39, 0.29) is 36.0 Å². The lowest BCUT2D eigenvalue weighted by Gasteiger charge is -2.30. The van der Waals surface area contributed by atoms with Gasteiger partial charge in [0.15, 0.2) is 11.5 Å². The summed E-state index contributed by atoms with van der Waals surface area (Å²) in [6.07, 6.45) is 0.750. The van der Waals surface area contributed by atoms with Gasteiger partial charge in [0, 0.05) is 31.1 Å². The third-order valence-electron chi connectivity index (χ3n) is 5.87. The first-order valence-electron chi connectivity index (χ1n) is 10.9. The summed E-state index contributed by atoms with van der Waals surface area (Å²) < 4.78 is 42.4. The van der Waals surface area contributed by atoms with Crippen molar-refractivity contribution in [1.82, 2.24) is 4.31 Å². The molecule has 0 unspecified atom stereocenters. The Morgan fingerprint density at radius 1 is 1.00 bits per heavy atom. The highest BCUT2D eigenvalue weighted by Gasteiger charge is 2.32. The van der Waals surface area contributed by atoms with Gasteiger partial charge in [-0.2, -0.15) is 0 Å². The predicted octanol–water partition coefficient (Wildman–Crippen LogP) is 2.98. The SMILES string of the molecule is COC(=O)c1cc(OC)c(OC)cc1NC(=O)C1CCN(S(=O)(=O)Cc2ccc(C)cc2)CC1. The van der Waals surface area contributed by atoms with Gasteiger partial charge < -0.3 is 19.5 Å². The minimum Gasteiger partial charge on any atom is -0.493 e. The molecule has 10 heteroatoms. The number of hydrogen-bond acceptors (Lipinski definition) is 7. The van der Waals surface area contributed by atoms with E-state index < -0.39 is 21.9 Å². The number of carbonyl (C=O) groups is 2. The first-order valence-corrected chi connectivity index (χ1v) is 12.5. The van der Waals surface area contributed by atoms with Crippen LogP contribution < -0.4 is 14.8 Å². The first kappa shape index (κ1) is 25.5. The Kier molecular flexibility index (Phi) is 8.16. The topological polar surface area (TPSA) is 111 Å². The second-order valence-corrected chi connectivity index (χ2v) is 10.1. The summed E-state index contributed by atoms with van der Waals surface area (Å²) >= 11 is 0. The van der Waals surface area contributed by atoms with Gasteiger partial charge in [0.25, 0.3) is 0 Å². The van der Waals surface area contributed by atoms with E-state index in [1.54, 1.807) is 0 Å². The van der Waals surface area contributed by atoms with Gasteiger partial charge in [-0.1, -0.05) is 29.8 Å². The third-order valence-corrected chi connectivity index (χ3v) is 7.72. The maximum atomic E-state index is 13.0. The van der Waals surface area contributed by atoms with Crippen molar-refractivity contribution in [2.75, 3.05) is 39.7 Å². The van der Waals surface area contributed by atoms with Gasteiger partial charge in [0.1, 0.15) is 0 Å². The van der Waals surface area contributed by atoms with Crippen molar-refractivity contribution in [3.05, 3.63) is 53.1 Å². The molecular formula is C24H30N2O7S. The second kappa shape index (κ2) is 10.9. The molecule has 1 heterocycles. The number of piperidine rings is 1. The van der Waals surface area contributed by atoms with Crippen LogP contribution in [0.15, 0.2) is 36.4 Å². The number of ether oxygens (including phenoxy) is 3. The Labute approximate surface area is 200 Å². The van der Waals surface area contributed by atoms with Crippen molar-refractivity contribution in [1.29, 1.82) is 0 Å². The molecule has 3 rings (SSSR count). The lowest BCUT2D eigenvalue weighted by molar-refractivity contribution is -0.120. The van der Waals surface area contributed by atoms with Crippen LogP contribution in [0, 0.1) is 12.8 Å². The average molecular weight is 491 g/mol. The van der Waals surface area contributed by atoms with Crippen LogP contribution >= 0.6 is 0 Å². The van der Waals surface area contributed by atoms with Gasteiger partial charge in [-0.25, -0.2) is 17.5 Å². The summed E-state index contributed by atoms with van der Waals surface area (Å²) in [6.45, 7) is 2.45. The predicted molar refractivity (Wildman–Crippen MR) is 128 cm³/mol. The lowest BCUT2D eigenvalue weighted by Crippen LogP contribution is -2.42. The molecule has 1 aliphatic rings. The van der Waals surface area contributed by atoms with Crippen LogP contribution in [0.25, 0.3) is 0 Å². The lowest BCUT2D eigenvalue weighted by atomic mass is 9.97. The molecule has 1 aliphatic heterocycles. The molecule has 2 aromatic rings. The van der Waals surface area contributed by atoms with Gasteiger partial charge in [-0.3, -0.25) is 4.79 Å². The van der Waals surface area contributed by atoms with Crippen molar-refractivity contribution in [3.8, 4) is 11.5 Å². The molecule has 1 saturated heterocycles. The zero-order valence-electron chi connectivity index (χ0n) is 19.8. The molecule has 0 saturated carbocycles. The molecule has 0 radical (unpaired) electrons. The molecule has 1 amide bonds. The van der Waals surface area contributed by atoms with Gasteiger partial charge in [-0.15, -0.1) is 0 Å². The van der Waals surface area contributed by atoms with Gasteiger partial charge >= 0.3 is 5.97 Å². The molecule has 0 atom stereocenters. The number of aryl methyl sites for hydroxylation is 1. The molecule has 9 nitrogen and oxygen atoms in total. The van der Waals surface area contributed by atoms with E-state index in [4.69, 9.17) is 14.2 Å². The number of amides is 1. The summed E-state index contributed by atoms with van der Waals surface area (Å²) in [5.41, 5.74) is 2.17. The molecule has 2 aromatic carbocycles. The molecule has 0 bridgehead atoms. The molecular weight excluding hydrogens is 460 g/mol. The monoisotopic (exact) mass is 490 g/mol. The van der Waals surface area contributed by atoms with Crippen molar-refractivity contribution < 1.29 is 32.2 Å². The van der Waals surface area contributed by atoms with Crippen LogP contribution in [0.3, 0.4) is 0 Å². The number of benzene rings is 2. The van der Waals surface area contributed by atoms with Crippen LogP contribution in [0.2, 0.25) is 0 Å². The molecule has 0 aromatic heterocycles. The number of hydrogen-bond donors (Lipinski definition) is 1. The molecule has 34 heavy (non-hydrogen) atoms. The van der Waals surface area contributed by atoms with E-state index in [0.717, 1.165) is 11.1 Å². The number of nitrogens with one attached hydrogen (secondary N) is 1. The molecule has 184 valence electrons. The summed E-state index contributed by atoms with van der Waals surface area (Å²) in [5, 5.41) is 2.78. The van der Waals surface area contributed by atoms with Crippen LogP contribution in [0.5, 0.6) is 11.5 Å². The number of carbonyl (C=O) groups excluding carboxylic acids is 2. The van der Waals surface area contributed by atoms with Crippen LogP contribution in [0.4, 0.5) is 5.69 Å². The molecule has 0 aliphatic carbocycles. The Morgan fingerprint density at radius 2 is 1.59 bits per heavy atom.